The fourth-order valence-corrected chi connectivity index (χ4v) is 4.74. The van der Waals surface area contributed by atoms with Crippen molar-refractivity contribution in [2.75, 3.05) is 20.3 Å². The van der Waals surface area contributed by atoms with Gasteiger partial charge in [-0.25, -0.2) is 0 Å². The summed E-state index contributed by atoms with van der Waals surface area (Å²) in [6, 6.07) is 12.5. The molecular formula is C24H29N5OS. The van der Waals surface area contributed by atoms with Gasteiger partial charge in [-0.3, -0.25) is 9.97 Å². The van der Waals surface area contributed by atoms with E-state index >= 15 is 0 Å². The molecule has 1 fully saturated rings. The molecule has 3 aromatic heterocycles. The van der Waals surface area contributed by atoms with Crippen LogP contribution in [0, 0.1) is 13.8 Å². The van der Waals surface area contributed by atoms with Gasteiger partial charge < -0.3 is 19.5 Å². The number of nitrogens with one attached hydrogen (secondary N) is 1. The van der Waals surface area contributed by atoms with Crippen molar-refractivity contribution in [1.29, 1.82) is 0 Å². The number of aromatic nitrogens is 3. The lowest BCUT2D eigenvalue weighted by atomic mass is 9.96. The van der Waals surface area contributed by atoms with Gasteiger partial charge in [0.1, 0.15) is 0 Å². The van der Waals surface area contributed by atoms with Crippen molar-refractivity contribution < 1.29 is 4.74 Å². The second kappa shape index (κ2) is 9.58. The Balaban J connectivity index is 1.72. The number of rotatable bonds is 8. The zero-order chi connectivity index (χ0) is 21.8. The summed E-state index contributed by atoms with van der Waals surface area (Å²) in [7, 11) is 1.74. The normalized spacial score (nSPS) is 18.4. The molecule has 1 N–H and O–H groups in total. The minimum Gasteiger partial charge on any atom is -0.385 e. The molecule has 6 nitrogen and oxygen atoms in total. The van der Waals surface area contributed by atoms with E-state index in [0.29, 0.717) is 6.61 Å². The number of methoxy groups -OCH3 is 1. The monoisotopic (exact) mass is 435 g/mol. The average molecular weight is 436 g/mol. The molecule has 0 amide bonds. The van der Waals surface area contributed by atoms with Gasteiger partial charge in [-0.1, -0.05) is 12.1 Å². The van der Waals surface area contributed by atoms with Crippen molar-refractivity contribution >= 4 is 17.3 Å². The van der Waals surface area contributed by atoms with E-state index in [2.05, 4.69) is 56.8 Å². The quantitative estimate of drug-likeness (QED) is 0.427. The lowest BCUT2D eigenvalue weighted by molar-refractivity contribution is 0.180. The molecule has 31 heavy (non-hydrogen) atoms. The highest BCUT2D eigenvalue weighted by Crippen LogP contribution is 2.40. The van der Waals surface area contributed by atoms with E-state index in [-0.39, 0.29) is 12.1 Å². The van der Waals surface area contributed by atoms with Crippen molar-refractivity contribution in [1.82, 2.24) is 24.8 Å². The summed E-state index contributed by atoms with van der Waals surface area (Å²) in [5.41, 5.74) is 5.94. The SMILES string of the molecule is COCCCN1C(=S)N[C@H](c2ccccn2)[C@H]1c1cc(C)n(Cc2cccnc2)c1C. The molecule has 1 aliphatic rings. The zero-order valence-electron chi connectivity index (χ0n) is 18.3. The Morgan fingerprint density at radius 3 is 2.74 bits per heavy atom. The number of thiocarbonyl (C=S) groups is 1. The second-order valence-corrected chi connectivity index (χ2v) is 8.33. The maximum Gasteiger partial charge on any atom is 0.170 e. The molecule has 0 aromatic carbocycles. The molecule has 1 saturated heterocycles. The van der Waals surface area contributed by atoms with Gasteiger partial charge in [0.15, 0.2) is 5.11 Å². The Labute approximate surface area is 189 Å². The predicted octanol–water partition coefficient (Wildman–Crippen LogP) is 3.95. The summed E-state index contributed by atoms with van der Waals surface area (Å²) in [5, 5.41) is 4.31. The second-order valence-electron chi connectivity index (χ2n) is 7.94. The first kappa shape index (κ1) is 21.5. The molecule has 2 atom stereocenters. The van der Waals surface area contributed by atoms with Crippen LogP contribution in [0.3, 0.4) is 0 Å². The molecule has 0 radical (unpaired) electrons. The zero-order valence-corrected chi connectivity index (χ0v) is 19.1. The Morgan fingerprint density at radius 1 is 1.16 bits per heavy atom. The molecule has 0 aliphatic carbocycles. The molecule has 0 unspecified atom stereocenters. The van der Waals surface area contributed by atoms with Gasteiger partial charge in [0.25, 0.3) is 0 Å². The number of ether oxygens (including phenoxy) is 1. The summed E-state index contributed by atoms with van der Waals surface area (Å²) in [6.45, 7) is 6.70. The fourth-order valence-electron chi connectivity index (χ4n) is 4.41. The van der Waals surface area contributed by atoms with E-state index < -0.39 is 0 Å². The van der Waals surface area contributed by atoms with Gasteiger partial charge >= 0.3 is 0 Å². The van der Waals surface area contributed by atoms with Crippen LogP contribution in [-0.4, -0.2) is 44.8 Å². The first-order valence-corrected chi connectivity index (χ1v) is 11.0. The summed E-state index contributed by atoms with van der Waals surface area (Å²) in [6.07, 6.45) is 6.50. The predicted molar refractivity (Wildman–Crippen MR) is 126 cm³/mol. The summed E-state index contributed by atoms with van der Waals surface area (Å²) in [5.74, 6) is 0. The van der Waals surface area contributed by atoms with Crippen LogP contribution in [0.4, 0.5) is 0 Å². The van der Waals surface area contributed by atoms with Crippen molar-refractivity contribution in [2.45, 2.75) is 38.9 Å². The topological polar surface area (TPSA) is 55.2 Å². The third-order valence-corrected chi connectivity index (χ3v) is 6.29. The number of pyridine rings is 2. The molecule has 4 heterocycles. The number of nitrogens with zero attached hydrogens (tertiary/aromatic N) is 4. The van der Waals surface area contributed by atoms with Crippen LogP contribution in [-0.2, 0) is 11.3 Å². The molecule has 162 valence electrons. The highest BCUT2D eigenvalue weighted by molar-refractivity contribution is 7.80. The van der Waals surface area contributed by atoms with Crippen LogP contribution in [0.2, 0.25) is 0 Å². The van der Waals surface area contributed by atoms with E-state index in [1.54, 1.807) is 7.11 Å². The first-order valence-electron chi connectivity index (χ1n) is 10.6. The molecule has 1 aliphatic heterocycles. The van der Waals surface area contributed by atoms with Crippen molar-refractivity contribution in [2.24, 2.45) is 0 Å². The van der Waals surface area contributed by atoms with E-state index in [0.717, 1.165) is 30.3 Å². The van der Waals surface area contributed by atoms with Crippen molar-refractivity contribution in [3.8, 4) is 0 Å². The summed E-state index contributed by atoms with van der Waals surface area (Å²) >= 11 is 5.76. The van der Waals surface area contributed by atoms with Gasteiger partial charge in [-0.05, 0) is 67.9 Å². The Hall–Kier alpha value is -2.77. The molecule has 3 aromatic rings. The van der Waals surface area contributed by atoms with E-state index in [1.807, 2.05) is 36.8 Å². The highest BCUT2D eigenvalue weighted by atomic mass is 32.1. The Morgan fingerprint density at radius 2 is 2.03 bits per heavy atom. The maximum absolute atomic E-state index is 5.76. The molecular weight excluding hydrogens is 406 g/mol. The minimum absolute atomic E-state index is 0.00332. The highest BCUT2D eigenvalue weighted by Gasteiger charge is 2.41. The van der Waals surface area contributed by atoms with E-state index in [4.69, 9.17) is 17.0 Å². The Kier molecular flexibility index (Phi) is 6.63. The van der Waals surface area contributed by atoms with Gasteiger partial charge in [0, 0.05) is 56.8 Å². The molecule has 0 bridgehead atoms. The third kappa shape index (κ3) is 4.48. The van der Waals surface area contributed by atoms with Crippen LogP contribution in [0.15, 0.2) is 55.0 Å². The number of hydrogen-bond donors (Lipinski definition) is 1. The summed E-state index contributed by atoms with van der Waals surface area (Å²) in [4.78, 5) is 11.2. The number of aryl methyl sites for hydroxylation is 1. The largest absolute Gasteiger partial charge is 0.385 e. The lowest BCUT2D eigenvalue weighted by Gasteiger charge is -2.28. The van der Waals surface area contributed by atoms with Crippen molar-refractivity contribution in [3.05, 3.63) is 83.2 Å². The Bertz CT molecular complexity index is 1020. The van der Waals surface area contributed by atoms with E-state index in [1.165, 1.54) is 22.5 Å². The smallest absolute Gasteiger partial charge is 0.170 e. The number of hydrogen-bond acceptors (Lipinski definition) is 4. The fraction of sp³-hybridized carbons (Fsp3) is 0.375. The molecule has 0 spiro atoms. The maximum atomic E-state index is 5.76. The van der Waals surface area contributed by atoms with E-state index in [9.17, 15) is 0 Å². The van der Waals surface area contributed by atoms with Gasteiger partial charge in [-0.15, -0.1) is 0 Å². The molecule has 7 heteroatoms. The van der Waals surface area contributed by atoms with Crippen LogP contribution >= 0.6 is 12.2 Å². The molecule has 0 saturated carbocycles. The van der Waals surface area contributed by atoms with Gasteiger partial charge in [-0.2, -0.15) is 0 Å². The van der Waals surface area contributed by atoms with Gasteiger partial charge in [0.05, 0.1) is 17.8 Å². The van der Waals surface area contributed by atoms with Gasteiger partial charge in [0.2, 0.25) is 0 Å². The van der Waals surface area contributed by atoms with Crippen molar-refractivity contribution in [3.63, 3.8) is 0 Å². The lowest BCUT2D eigenvalue weighted by Crippen LogP contribution is -2.31. The standard InChI is InChI=1S/C24H29N5OS/c1-17-14-20(18(2)29(17)16-19-8-6-10-25-15-19)23-22(21-9-4-5-11-26-21)27-24(31)28(23)12-7-13-30-3/h4-6,8-11,14-15,22-23H,7,12-13,16H2,1-3H3,(H,27,31)/t22-,23-/m1/s1. The molecule has 4 rings (SSSR count). The van der Waals surface area contributed by atoms with Crippen LogP contribution in [0.1, 0.15) is 46.7 Å². The van der Waals surface area contributed by atoms with Crippen LogP contribution < -0.4 is 5.32 Å². The average Bonchev–Trinajstić information content (AvgIpc) is 3.26. The first-order chi connectivity index (χ1) is 15.1. The minimum atomic E-state index is 0.00332. The third-order valence-electron chi connectivity index (χ3n) is 5.94. The van der Waals surface area contributed by atoms with Crippen LogP contribution in [0.5, 0.6) is 0 Å². The summed E-state index contributed by atoms with van der Waals surface area (Å²) < 4.78 is 7.65. The van der Waals surface area contributed by atoms with Crippen LogP contribution in [0.25, 0.3) is 0 Å².